The summed E-state index contributed by atoms with van der Waals surface area (Å²) in [6.07, 6.45) is 0. The van der Waals surface area contributed by atoms with Crippen LogP contribution >= 0.6 is 0 Å². The smallest absolute Gasteiger partial charge is 0.149 e. The van der Waals surface area contributed by atoms with Crippen molar-refractivity contribution in [3.8, 4) is 0 Å². The number of nitrogens with zero attached hydrogens (tertiary/aromatic N) is 1. The molecular weight excluding hydrogens is 220 g/mol. The van der Waals surface area contributed by atoms with Gasteiger partial charge in [-0.15, -0.1) is 0 Å². The van der Waals surface area contributed by atoms with E-state index >= 15 is 0 Å². The zero-order valence-corrected chi connectivity index (χ0v) is 9.53. The Labute approximate surface area is 99.3 Å². The number of hydrogen-bond acceptors (Lipinski definition) is 1. The molecule has 17 heavy (non-hydrogen) atoms. The summed E-state index contributed by atoms with van der Waals surface area (Å²) in [6.45, 7) is 0.587. The van der Waals surface area contributed by atoms with E-state index in [0.717, 1.165) is 11.6 Å². The van der Waals surface area contributed by atoms with Crippen LogP contribution in [-0.4, -0.2) is 7.05 Å². The van der Waals surface area contributed by atoms with Crippen molar-refractivity contribution in [1.29, 1.82) is 0 Å². The third kappa shape index (κ3) is 2.81. The van der Waals surface area contributed by atoms with Gasteiger partial charge in [-0.2, -0.15) is 0 Å². The highest BCUT2D eigenvalue weighted by atomic mass is 19.1. The molecule has 0 aliphatic carbocycles. The molecule has 0 spiro atoms. The van der Waals surface area contributed by atoms with Gasteiger partial charge >= 0.3 is 0 Å². The molecule has 0 aromatic heterocycles. The van der Waals surface area contributed by atoms with Gasteiger partial charge in [0.25, 0.3) is 0 Å². The highest BCUT2D eigenvalue weighted by Gasteiger charge is 2.08. The minimum Gasteiger partial charge on any atom is -0.368 e. The predicted molar refractivity (Wildman–Crippen MR) is 64.9 cm³/mol. The van der Waals surface area contributed by atoms with Crippen molar-refractivity contribution < 1.29 is 8.78 Å². The molecule has 1 nitrogen and oxygen atoms in total. The second-order valence-corrected chi connectivity index (χ2v) is 3.94. The zero-order valence-electron chi connectivity index (χ0n) is 9.53. The molecule has 0 saturated heterocycles. The average Bonchev–Trinajstić information content (AvgIpc) is 2.30. The van der Waals surface area contributed by atoms with Crippen LogP contribution in [0.5, 0.6) is 0 Å². The normalized spacial score (nSPS) is 10.3. The molecule has 0 atom stereocenters. The van der Waals surface area contributed by atoms with Crippen LogP contribution in [0.1, 0.15) is 5.56 Å². The largest absolute Gasteiger partial charge is 0.368 e. The van der Waals surface area contributed by atoms with E-state index in [0.29, 0.717) is 12.2 Å². The van der Waals surface area contributed by atoms with E-state index in [1.54, 1.807) is 11.9 Å². The summed E-state index contributed by atoms with van der Waals surface area (Å²) in [5, 5.41) is 0. The fourth-order valence-corrected chi connectivity index (χ4v) is 1.73. The Morgan fingerprint density at radius 2 is 1.71 bits per heavy atom. The lowest BCUT2D eigenvalue weighted by Gasteiger charge is -2.20. The number of anilines is 1. The number of rotatable bonds is 3. The van der Waals surface area contributed by atoms with Crippen LogP contribution in [0.2, 0.25) is 0 Å². The Kier molecular flexibility index (Phi) is 3.38. The molecule has 2 rings (SSSR count). The van der Waals surface area contributed by atoms with Gasteiger partial charge in [-0.25, -0.2) is 8.78 Å². The second kappa shape index (κ2) is 4.95. The average molecular weight is 233 g/mol. The number of hydrogen-bond donors (Lipinski definition) is 0. The number of benzene rings is 2. The standard InChI is InChI=1S/C14H13F2N/c1-17(10-11-5-3-2-4-6-11)14-8-7-12(15)9-13(14)16/h2-9H,10H2,1H3. The molecule has 2 aromatic rings. The first-order chi connectivity index (χ1) is 8.16. The van der Waals surface area contributed by atoms with E-state index in [2.05, 4.69) is 0 Å². The first-order valence-corrected chi connectivity index (χ1v) is 5.37. The highest BCUT2D eigenvalue weighted by Crippen LogP contribution is 2.20. The van der Waals surface area contributed by atoms with Crippen molar-refractivity contribution in [2.45, 2.75) is 6.54 Å². The molecule has 0 N–H and O–H groups in total. The maximum Gasteiger partial charge on any atom is 0.149 e. The molecule has 0 fully saturated rings. The monoisotopic (exact) mass is 233 g/mol. The Balaban J connectivity index is 2.17. The third-order valence-electron chi connectivity index (χ3n) is 2.58. The van der Waals surface area contributed by atoms with Crippen LogP contribution < -0.4 is 4.90 Å². The molecule has 3 heteroatoms. The van der Waals surface area contributed by atoms with Crippen molar-refractivity contribution in [3.05, 3.63) is 65.7 Å². The minimum atomic E-state index is -0.556. The SMILES string of the molecule is CN(Cc1ccccc1)c1ccc(F)cc1F. The molecule has 0 amide bonds. The summed E-state index contributed by atoms with van der Waals surface area (Å²) < 4.78 is 26.3. The second-order valence-electron chi connectivity index (χ2n) is 3.94. The lowest BCUT2D eigenvalue weighted by molar-refractivity contribution is 0.581. The Morgan fingerprint density at radius 1 is 1.00 bits per heavy atom. The van der Waals surface area contributed by atoms with Gasteiger partial charge in [0.1, 0.15) is 11.6 Å². The van der Waals surface area contributed by atoms with Crippen LogP contribution in [0.15, 0.2) is 48.5 Å². The molecule has 88 valence electrons. The number of halogens is 2. The molecule has 0 aliphatic rings. The summed E-state index contributed by atoms with van der Waals surface area (Å²) in [4.78, 5) is 1.75. The summed E-state index contributed by atoms with van der Waals surface area (Å²) in [5.74, 6) is -1.09. The van der Waals surface area contributed by atoms with E-state index in [1.165, 1.54) is 12.1 Å². The van der Waals surface area contributed by atoms with Crippen molar-refractivity contribution in [2.24, 2.45) is 0 Å². The van der Waals surface area contributed by atoms with Crippen LogP contribution in [0.4, 0.5) is 14.5 Å². The van der Waals surface area contributed by atoms with E-state index in [9.17, 15) is 8.78 Å². The quantitative estimate of drug-likeness (QED) is 0.783. The predicted octanol–water partition coefficient (Wildman–Crippen LogP) is 3.60. The van der Waals surface area contributed by atoms with Gasteiger partial charge in [0, 0.05) is 19.7 Å². The molecule has 0 radical (unpaired) electrons. The van der Waals surface area contributed by atoms with Crippen molar-refractivity contribution in [3.63, 3.8) is 0 Å². The maximum atomic E-state index is 13.5. The Hall–Kier alpha value is -1.90. The fraction of sp³-hybridized carbons (Fsp3) is 0.143. The highest BCUT2D eigenvalue weighted by molar-refractivity contribution is 5.47. The molecule has 0 unspecified atom stereocenters. The molecule has 0 saturated carbocycles. The van der Waals surface area contributed by atoms with Gasteiger partial charge in [-0.05, 0) is 17.7 Å². The van der Waals surface area contributed by atoms with E-state index < -0.39 is 11.6 Å². The Bertz CT molecular complexity index is 497. The Morgan fingerprint density at radius 3 is 2.35 bits per heavy atom. The summed E-state index contributed by atoms with van der Waals surface area (Å²) in [5.41, 5.74) is 1.48. The van der Waals surface area contributed by atoms with Crippen LogP contribution in [0.3, 0.4) is 0 Å². The molecule has 2 aromatic carbocycles. The topological polar surface area (TPSA) is 3.24 Å². The van der Waals surface area contributed by atoms with Gasteiger partial charge in [-0.3, -0.25) is 0 Å². The lowest BCUT2D eigenvalue weighted by atomic mass is 10.2. The van der Waals surface area contributed by atoms with Crippen LogP contribution in [0, 0.1) is 11.6 Å². The minimum absolute atomic E-state index is 0.398. The summed E-state index contributed by atoms with van der Waals surface area (Å²) >= 11 is 0. The third-order valence-corrected chi connectivity index (χ3v) is 2.58. The van der Waals surface area contributed by atoms with Gasteiger partial charge in [0.05, 0.1) is 5.69 Å². The van der Waals surface area contributed by atoms with Gasteiger partial charge in [0.15, 0.2) is 0 Å². The van der Waals surface area contributed by atoms with Crippen molar-refractivity contribution in [2.75, 3.05) is 11.9 Å². The van der Waals surface area contributed by atoms with Gasteiger partial charge < -0.3 is 4.90 Å². The molecule has 0 aliphatic heterocycles. The summed E-state index contributed by atoms with van der Waals surface area (Å²) in [6, 6.07) is 13.4. The zero-order chi connectivity index (χ0) is 12.3. The maximum absolute atomic E-state index is 13.5. The van der Waals surface area contributed by atoms with Crippen molar-refractivity contribution in [1.82, 2.24) is 0 Å². The fourth-order valence-electron chi connectivity index (χ4n) is 1.73. The van der Waals surface area contributed by atoms with Gasteiger partial charge in [-0.1, -0.05) is 30.3 Å². The first-order valence-electron chi connectivity index (χ1n) is 5.37. The first kappa shape index (κ1) is 11.6. The molecule has 0 heterocycles. The van der Waals surface area contributed by atoms with Crippen LogP contribution in [0.25, 0.3) is 0 Å². The van der Waals surface area contributed by atoms with E-state index in [1.807, 2.05) is 30.3 Å². The molecular formula is C14H13F2N. The molecule has 0 bridgehead atoms. The lowest BCUT2D eigenvalue weighted by Crippen LogP contribution is -2.17. The van der Waals surface area contributed by atoms with Crippen LogP contribution in [-0.2, 0) is 6.54 Å². The van der Waals surface area contributed by atoms with E-state index in [-0.39, 0.29) is 0 Å². The van der Waals surface area contributed by atoms with Crippen molar-refractivity contribution >= 4 is 5.69 Å². The van der Waals surface area contributed by atoms with E-state index in [4.69, 9.17) is 0 Å². The summed E-state index contributed by atoms with van der Waals surface area (Å²) in [7, 11) is 1.78. The van der Waals surface area contributed by atoms with Gasteiger partial charge in [0.2, 0.25) is 0 Å².